The van der Waals surface area contributed by atoms with Crippen molar-refractivity contribution in [3.05, 3.63) is 92.5 Å². The Balaban J connectivity index is 1.51. The van der Waals surface area contributed by atoms with Crippen molar-refractivity contribution in [2.75, 3.05) is 13.3 Å². The molecular formula is C29H33N7. The van der Waals surface area contributed by atoms with Crippen molar-refractivity contribution < 1.29 is 0 Å². The molecule has 10 bridgehead atoms. The van der Waals surface area contributed by atoms with Gasteiger partial charge in [-0.15, -0.1) is 0 Å². The van der Waals surface area contributed by atoms with E-state index in [9.17, 15) is 0 Å². The maximum atomic E-state index is 5.08. The Bertz CT molecular complexity index is 1610. The molecule has 4 aliphatic rings. The first-order valence-electron chi connectivity index (χ1n) is 12.7. The van der Waals surface area contributed by atoms with E-state index in [2.05, 4.69) is 125 Å². The normalized spacial score (nSPS) is 22.9. The molecule has 2 aromatic rings. The summed E-state index contributed by atoms with van der Waals surface area (Å²) in [4.78, 5) is 21.1. The van der Waals surface area contributed by atoms with Crippen molar-refractivity contribution in [2.45, 2.75) is 40.5 Å². The summed E-state index contributed by atoms with van der Waals surface area (Å²) in [6.07, 6.45) is 21.3. The van der Waals surface area contributed by atoms with Gasteiger partial charge in [-0.25, -0.2) is 4.99 Å². The van der Waals surface area contributed by atoms with Crippen LogP contribution in [0.3, 0.4) is 0 Å². The molecule has 6 heterocycles. The quantitative estimate of drug-likeness (QED) is 0.692. The van der Waals surface area contributed by atoms with Crippen LogP contribution in [-0.4, -0.2) is 48.6 Å². The number of aromatic amines is 2. The average Bonchev–Trinajstić information content (AvgIpc) is 3.67. The van der Waals surface area contributed by atoms with Crippen molar-refractivity contribution in [1.29, 1.82) is 0 Å². The summed E-state index contributed by atoms with van der Waals surface area (Å²) < 4.78 is 0. The van der Waals surface area contributed by atoms with Crippen LogP contribution in [0.25, 0.3) is 24.7 Å². The van der Waals surface area contributed by atoms with Crippen LogP contribution in [0.15, 0.2) is 65.0 Å². The molecule has 36 heavy (non-hydrogen) atoms. The lowest BCUT2D eigenvalue weighted by Crippen LogP contribution is -2.24. The molecule has 0 saturated carbocycles. The van der Waals surface area contributed by atoms with Gasteiger partial charge in [-0.05, 0) is 67.2 Å². The molecule has 0 aliphatic carbocycles. The Hall–Kier alpha value is -4.13. The minimum absolute atomic E-state index is 0.755. The minimum atomic E-state index is 0.755. The van der Waals surface area contributed by atoms with E-state index in [1.54, 1.807) is 0 Å². The Morgan fingerprint density at radius 2 is 1.36 bits per heavy atom. The van der Waals surface area contributed by atoms with Crippen molar-refractivity contribution in [2.24, 2.45) is 4.99 Å². The van der Waals surface area contributed by atoms with E-state index in [0.717, 1.165) is 59.0 Å². The van der Waals surface area contributed by atoms with Gasteiger partial charge in [-0.1, -0.05) is 13.8 Å². The molecule has 0 saturated heterocycles. The molecule has 6 rings (SSSR count). The van der Waals surface area contributed by atoms with Crippen LogP contribution in [0.1, 0.15) is 38.3 Å². The maximum Gasteiger partial charge on any atom is 0.0979 e. The molecule has 184 valence electrons. The topological polar surface area (TPSA) is 56.9 Å². The second kappa shape index (κ2) is 8.82. The average molecular weight is 480 g/mol. The third-order valence-electron chi connectivity index (χ3n) is 7.30. The van der Waals surface area contributed by atoms with Crippen molar-refractivity contribution in [1.82, 2.24) is 29.6 Å². The van der Waals surface area contributed by atoms with E-state index >= 15 is 0 Å². The second-order valence-corrected chi connectivity index (χ2v) is 9.71. The highest BCUT2D eigenvalue weighted by atomic mass is 15.3. The van der Waals surface area contributed by atoms with Gasteiger partial charge in [0, 0.05) is 54.9 Å². The third-order valence-corrected chi connectivity index (χ3v) is 7.30. The first-order valence-corrected chi connectivity index (χ1v) is 12.7. The summed E-state index contributed by atoms with van der Waals surface area (Å²) in [6, 6.07) is 4.24. The van der Waals surface area contributed by atoms with Crippen molar-refractivity contribution >= 4 is 30.4 Å². The zero-order valence-electron chi connectivity index (χ0n) is 21.4. The van der Waals surface area contributed by atoms with E-state index in [4.69, 9.17) is 4.99 Å². The number of aliphatic imine (C=N–C) groups is 1. The van der Waals surface area contributed by atoms with E-state index in [-0.39, 0.29) is 0 Å². The van der Waals surface area contributed by atoms with E-state index in [0.29, 0.717) is 0 Å². The van der Waals surface area contributed by atoms with Crippen LogP contribution < -0.4 is 21.4 Å². The standard InChI is InChI=1S/C29H33N7/c1-5-24-20(3)26-13-27-21(4)25(6-2)29(32-27)17-36-12-10-34(19-36)15-23-8-7-22(30-23)14-33-9-11-35(18-33)16-28(24)31-26/h7-17,30-31H,5-6,18-19H2,1-4H3/b22-14?,23-15-,26-13-,28-16-,29-17-. The highest BCUT2D eigenvalue weighted by molar-refractivity contribution is 6.23. The second-order valence-electron chi connectivity index (χ2n) is 9.71. The van der Waals surface area contributed by atoms with Gasteiger partial charge in [0.15, 0.2) is 0 Å². The molecule has 7 heteroatoms. The summed E-state index contributed by atoms with van der Waals surface area (Å²) in [5, 5.41) is 4.44. The van der Waals surface area contributed by atoms with Crippen LogP contribution in [0.5, 0.6) is 0 Å². The van der Waals surface area contributed by atoms with Gasteiger partial charge < -0.3 is 29.6 Å². The highest BCUT2D eigenvalue weighted by Crippen LogP contribution is 2.29. The lowest BCUT2D eigenvalue weighted by atomic mass is 10.0. The van der Waals surface area contributed by atoms with Crippen LogP contribution in [0.4, 0.5) is 0 Å². The van der Waals surface area contributed by atoms with E-state index in [1.165, 1.54) is 22.3 Å². The Morgan fingerprint density at radius 1 is 0.750 bits per heavy atom. The number of hydrogen-bond donors (Lipinski definition) is 2. The molecule has 0 atom stereocenters. The van der Waals surface area contributed by atoms with Crippen molar-refractivity contribution in [3.63, 3.8) is 0 Å². The zero-order chi connectivity index (χ0) is 24.8. The smallest absolute Gasteiger partial charge is 0.0979 e. The predicted octanol–water partition coefficient (Wildman–Crippen LogP) is 2.04. The molecule has 4 aliphatic heterocycles. The number of H-pyrrole nitrogens is 2. The molecule has 0 radical (unpaired) electrons. The third kappa shape index (κ3) is 4.00. The summed E-state index contributed by atoms with van der Waals surface area (Å²) in [5.74, 6) is 0. The zero-order valence-corrected chi connectivity index (χ0v) is 21.4. The fourth-order valence-electron chi connectivity index (χ4n) is 5.35. The van der Waals surface area contributed by atoms with Gasteiger partial charge in [0.25, 0.3) is 0 Å². The molecule has 2 N–H and O–H groups in total. The summed E-state index contributed by atoms with van der Waals surface area (Å²) in [7, 11) is 0. The summed E-state index contributed by atoms with van der Waals surface area (Å²) in [5.41, 5.74) is 7.29. The SMILES string of the molecule is CCC1=C(C)C2=NC/1=C\N1C=CN(/C=c3/ccc([nH]3)=CN3C=CN(/C=c4\[nH]/c(c(C)c4CC)=C\2)C3)C1. The lowest BCUT2D eigenvalue weighted by molar-refractivity contribution is 0.411. The number of nitrogens with one attached hydrogen (secondary N) is 2. The van der Waals surface area contributed by atoms with Gasteiger partial charge in [0.05, 0.1) is 40.8 Å². The van der Waals surface area contributed by atoms with Crippen LogP contribution in [-0.2, 0) is 6.42 Å². The predicted molar refractivity (Wildman–Crippen MR) is 146 cm³/mol. The molecule has 0 unspecified atom stereocenters. The maximum absolute atomic E-state index is 5.08. The molecular weight excluding hydrogens is 446 g/mol. The van der Waals surface area contributed by atoms with Crippen LogP contribution in [0, 0.1) is 6.92 Å². The number of nitrogens with zero attached hydrogens (tertiary/aromatic N) is 5. The molecule has 0 aromatic carbocycles. The minimum Gasteiger partial charge on any atom is -0.354 e. The number of rotatable bonds is 2. The van der Waals surface area contributed by atoms with Gasteiger partial charge in [-0.2, -0.15) is 0 Å². The Kier molecular flexibility index (Phi) is 5.48. The Labute approximate surface area is 211 Å². The highest BCUT2D eigenvalue weighted by Gasteiger charge is 2.20. The largest absolute Gasteiger partial charge is 0.354 e. The summed E-state index contributed by atoms with van der Waals surface area (Å²) in [6.45, 7) is 10.4. The van der Waals surface area contributed by atoms with Crippen LogP contribution in [0.2, 0.25) is 0 Å². The number of hydrogen-bond acceptors (Lipinski definition) is 5. The number of allylic oxidation sites excluding steroid dienone is 2. The first-order chi connectivity index (χ1) is 17.5. The van der Waals surface area contributed by atoms with Crippen molar-refractivity contribution in [3.8, 4) is 0 Å². The molecule has 0 spiro atoms. The van der Waals surface area contributed by atoms with Gasteiger partial charge in [0.2, 0.25) is 0 Å². The molecule has 2 aromatic heterocycles. The van der Waals surface area contributed by atoms with Gasteiger partial charge in [-0.3, -0.25) is 0 Å². The van der Waals surface area contributed by atoms with Gasteiger partial charge in [0.1, 0.15) is 0 Å². The van der Waals surface area contributed by atoms with Crippen LogP contribution >= 0.6 is 0 Å². The first kappa shape index (κ1) is 22.3. The fourth-order valence-corrected chi connectivity index (χ4v) is 5.35. The monoisotopic (exact) mass is 479 g/mol. The fraction of sp³-hybridized carbons (Fsp3) is 0.276. The molecule has 7 nitrogen and oxygen atoms in total. The lowest BCUT2D eigenvalue weighted by Gasteiger charge is -2.15. The molecule has 0 fully saturated rings. The van der Waals surface area contributed by atoms with Gasteiger partial charge >= 0.3 is 0 Å². The van der Waals surface area contributed by atoms with E-state index in [1.807, 2.05) is 0 Å². The number of fused-ring (bicyclic) bond motifs is 9. The molecule has 0 amide bonds. The summed E-state index contributed by atoms with van der Waals surface area (Å²) >= 11 is 0. The number of aromatic nitrogens is 2. The Morgan fingerprint density at radius 3 is 1.97 bits per heavy atom. The van der Waals surface area contributed by atoms with E-state index < -0.39 is 0 Å².